The lowest BCUT2D eigenvalue weighted by Gasteiger charge is -2.19. The van der Waals surface area contributed by atoms with Crippen LogP contribution < -0.4 is 5.32 Å². The second-order valence-corrected chi connectivity index (χ2v) is 4.20. The zero-order chi connectivity index (χ0) is 13.9. The number of aliphatic hydroxyl groups is 2. The molecule has 6 heteroatoms. The summed E-state index contributed by atoms with van der Waals surface area (Å²) in [5.41, 5.74) is -0.381. The van der Waals surface area contributed by atoms with Crippen LogP contribution in [0, 0.1) is 6.92 Å². The molecular weight excluding hydrogens is 247 g/mol. The van der Waals surface area contributed by atoms with Gasteiger partial charge in [0.05, 0.1) is 11.7 Å². The SMILES string of the molecule is CNCC(O)C(O)c1cc(C)cc(C(F)(F)F)c1. The van der Waals surface area contributed by atoms with E-state index in [1.807, 2.05) is 0 Å². The first-order valence-corrected chi connectivity index (χ1v) is 5.45. The zero-order valence-electron chi connectivity index (χ0n) is 10.1. The van der Waals surface area contributed by atoms with Gasteiger partial charge in [-0.2, -0.15) is 13.2 Å². The average Bonchev–Trinajstić information content (AvgIpc) is 2.26. The lowest BCUT2D eigenvalue weighted by molar-refractivity contribution is -0.137. The summed E-state index contributed by atoms with van der Waals surface area (Å²) in [6, 6.07) is 3.29. The Kier molecular flexibility index (Phi) is 4.72. The summed E-state index contributed by atoms with van der Waals surface area (Å²) in [6.45, 7) is 1.60. The average molecular weight is 263 g/mol. The number of benzene rings is 1. The van der Waals surface area contributed by atoms with Gasteiger partial charge in [0.15, 0.2) is 0 Å². The number of nitrogens with one attached hydrogen (secondary N) is 1. The largest absolute Gasteiger partial charge is 0.416 e. The smallest absolute Gasteiger partial charge is 0.389 e. The summed E-state index contributed by atoms with van der Waals surface area (Å²) in [6.07, 6.45) is -6.97. The number of alkyl halides is 3. The summed E-state index contributed by atoms with van der Waals surface area (Å²) in [5.74, 6) is 0. The molecule has 3 N–H and O–H groups in total. The molecule has 0 saturated heterocycles. The molecule has 2 unspecified atom stereocenters. The fourth-order valence-corrected chi connectivity index (χ4v) is 1.69. The van der Waals surface area contributed by atoms with Gasteiger partial charge in [0, 0.05) is 6.54 Å². The molecule has 1 rings (SSSR count). The maximum atomic E-state index is 12.6. The molecule has 2 atom stereocenters. The standard InChI is InChI=1S/C12H16F3NO2/c1-7-3-8(11(18)10(17)6-16-2)5-9(4-7)12(13,14)15/h3-5,10-11,16-18H,6H2,1-2H3. The Balaban J connectivity index is 3.06. The molecule has 0 aliphatic rings. The van der Waals surface area contributed by atoms with Crippen LogP contribution in [0.3, 0.4) is 0 Å². The molecular formula is C12H16F3NO2. The highest BCUT2D eigenvalue weighted by molar-refractivity contribution is 5.32. The Labute approximate surface area is 103 Å². The molecule has 1 aromatic rings. The molecule has 1 aromatic carbocycles. The maximum Gasteiger partial charge on any atom is 0.416 e. The van der Waals surface area contributed by atoms with Crippen molar-refractivity contribution in [1.82, 2.24) is 5.32 Å². The van der Waals surface area contributed by atoms with Crippen LogP contribution in [0.5, 0.6) is 0 Å². The van der Waals surface area contributed by atoms with Crippen molar-refractivity contribution >= 4 is 0 Å². The summed E-state index contributed by atoms with van der Waals surface area (Å²) in [4.78, 5) is 0. The van der Waals surface area contributed by atoms with Crippen LogP contribution in [-0.4, -0.2) is 29.9 Å². The van der Waals surface area contributed by atoms with Gasteiger partial charge in [0.25, 0.3) is 0 Å². The highest BCUT2D eigenvalue weighted by Crippen LogP contribution is 2.32. The highest BCUT2D eigenvalue weighted by Gasteiger charge is 2.32. The lowest BCUT2D eigenvalue weighted by Crippen LogP contribution is -2.29. The van der Waals surface area contributed by atoms with Gasteiger partial charge in [0.1, 0.15) is 6.10 Å². The third kappa shape index (κ3) is 3.69. The number of aliphatic hydroxyl groups excluding tert-OH is 2. The molecule has 18 heavy (non-hydrogen) atoms. The monoisotopic (exact) mass is 263 g/mol. The van der Waals surface area contributed by atoms with E-state index in [4.69, 9.17) is 0 Å². The molecule has 3 nitrogen and oxygen atoms in total. The van der Waals surface area contributed by atoms with Crippen LogP contribution in [0.2, 0.25) is 0 Å². The molecule has 0 bridgehead atoms. The second kappa shape index (κ2) is 5.69. The van der Waals surface area contributed by atoms with Gasteiger partial charge in [-0.1, -0.05) is 11.6 Å². The number of likely N-dealkylation sites (N-methyl/N-ethyl adjacent to an activating group) is 1. The van der Waals surface area contributed by atoms with Crippen molar-refractivity contribution in [3.63, 3.8) is 0 Å². The van der Waals surface area contributed by atoms with Crippen molar-refractivity contribution in [2.24, 2.45) is 0 Å². The predicted octanol–water partition coefficient (Wildman–Crippen LogP) is 1.63. The normalized spacial score (nSPS) is 15.5. The third-order valence-corrected chi connectivity index (χ3v) is 2.55. The second-order valence-electron chi connectivity index (χ2n) is 4.20. The van der Waals surface area contributed by atoms with Crippen LogP contribution in [0.1, 0.15) is 22.8 Å². The van der Waals surface area contributed by atoms with Crippen molar-refractivity contribution in [3.8, 4) is 0 Å². The van der Waals surface area contributed by atoms with Crippen LogP contribution in [0.15, 0.2) is 18.2 Å². The van der Waals surface area contributed by atoms with Crippen LogP contribution >= 0.6 is 0 Å². The van der Waals surface area contributed by atoms with Gasteiger partial charge in [0.2, 0.25) is 0 Å². The Morgan fingerprint density at radius 3 is 2.33 bits per heavy atom. The molecule has 0 aliphatic heterocycles. The molecule has 0 heterocycles. The third-order valence-electron chi connectivity index (χ3n) is 2.55. The number of rotatable bonds is 4. The van der Waals surface area contributed by atoms with Crippen LogP contribution in [0.25, 0.3) is 0 Å². The van der Waals surface area contributed by atoms with Crippen molar-refractivity contribution in [3.05, 3.63) is 34.9 Å². The zero-order valence-corrected chi connectivity index (χ0v) is 10.1. The Morgan fingerprint density at radius 1 is 1.22 bits per heavy atom. The summed E-state index contributed by atoms with van der Waals surface area (Å²) >= 11 is 0. The minimum absolute atomic E-state index is 0.0603. The molecule has 0 radical (unpaired) electrons. The van der Waals surface area contributed by atoms with E-state index in [0.717, 1.165) is 12.1 Å². The van der Waals surface area contributed by atoms with Crippen LogP contribution in [0.4, 0.5) is 13.2 Å². The van der Waals surface area contributed by atoms with E-state index < -0.39 is 23.9 Å². The van der Waals surface area contributed by atoms with Crippen molar-refractivity contribution in [2.75, 3.05) is 13.6 Å². The van der Waals surface area contributed by atoms with Crippen LogP contribution in [-0.2, 0) is 6.18 Å². The minimum atomic E-state index is -4.46. The first-order chi connectivity index (χ1) is 8.25. The van der Waals surface area contributed by atoms with Crippen molar-refractivity contribution in [2.45, 2.75) is 25.3 Å². The Bertz CT molecular complexity index is 407. The van der Waals surface area contributed by atoms with E-state index in [1.165, 1.54) is 13.0 Å². The number of halogens is 3. The topological polar surface area (TPSA) is 52.5 Å². The van der Waals surface area contributed by atoms with Gasteiger partial charge in [-0.25, -0.2) is 0 Å². The van der Waals surface area contributed by atoms with E-state index >= 15 is 0 Å². The van der Waals surface area contributed by atoms with Gasteiger partial charge >= 0.3 is 6.18 Å². The summed E-state index contributed by atoms with van der Waals surface area (Å²) in [7, 11) is 1.58. The molecule has 0 saturated carbocycles. The van der Waals surface area contributed by atoms with Crippen molar-refractivity contribution < 1.29 is 23.4 Å². The van der Waals surface area contributed by atoms with Gasteiger partial charge in [-0.05, 0) is 31.7 Å². The van der Waals surface area contributed by atoms with E-state index in [1.54, 1.807) is 7.05 Å². The first kappa shape index (κ1) is 14.9. The summed E-state index contributed by atoms with van der Waals surface area (Å²) in [5, 5.41) is 22.0. The fourth-order valence-electron chi connectivity index (χ4n) is 1.69. The Morgan fingerprint density at radius 2 is 1.83 bits per heavy atom. The van der Waals surface area contributed by atoms with E-state index in [9.17, 15) is 23.4 Å². The Hall–Kier alpha value is -1.11. The molecule has 0 aromatic heterocycles. The molecule has 102 valence electrons. The van der Waals surface area contributed by atoms with Gasteiger partial charge < -0.3 is 15.5 Å². The van der Waals surface area contributed by atoms with Gasteiger partial charge in [-0.3, -0.25) is 0 Å². The first-order valence-electron chi connectivity index (χ1n) is 5.45. The van der Waals surface area contributed by atoms with Gasteiger partial charge in [-0.15, -0.1) is 0 Å². The molecule has 0 spiro atoms. The maximum absolute atomic E-state index is 12.6. The number of hydrogen-bond donors (Lipinski definition) is 3. The predicted molar refractivity (Wildman–Crippen MR) is 61.1 cm³/mol. The van der Waals surface area contributed by atoms with E-state index in [-0.39, 0.29) is 12.1 Å². The molecule has 0 aliphatic carbocycles. The van der Waals surface area contributed by atoms with E-state index in [0.29, 0.717) is 5.56 Å². The van der Waals surface area contributed by atoms with Crippen molar-refractivity contribution in [1.29, 1.82) is 0 Å². The highest BCUT2D eigenvalue weighted by atomic mass is 19.4. The molecule has 0 amide bonds. The molecule has 0 fully saturated rings. The van der Waals surface area contributed by atoms with E-state index in [2.05, 4.69) is 5.32 Å². The number of aryl methyl sites for hydroxylation is 1. The summed E-state index contributed by atoms with van der Waals surface area (Å²) < 4.78 is 37.8. The number of hydrogen-bond acceptors (Lipinski definition) is 3. The quantitative estimate of drug-likeness (QED) is 0.774. The fraction of sp³-hybridized carbons (Fsp3) is 0.500. The minimum Gasteiger partial charge on any atom is -0.389 e. The lowest BCUT2D eigenvalue weighted by atomic mass is 9.99.